The molecule has 0 spiro atoms. The standard InChI is InChI=1S/C18H13S.C18H15S.C7H3F4NO2.C4H8O3/c1-2-8-14(9-3-1)19-17-12-6-4-10-15(17)16-11-5-7-13-18(16)19;1-4-10-16(11-5-1)19(17-12-6-2-7-13-17)18-14-8-3-9-15-18;8-2-1(7(13)14)3(9)5(11)6(12)4(2)10;1-4(2,7)3(5)6/h1-13H;1-15H;12H2,(H,13,14);7H,1-2H3,(H,5,6)/q2*+1;;/p-2. The molecule has 12 heteroatoms. The summed E-state index contributed by atoms with van der Waals surface area (Å²) in [5.41, 5.74) is -0.308. The highest BCUT2D eigenvalue weighted by Gasteiger charge is 2.28. The number of carboxylic acids is 2. The molecule has 3 N–H and O–H groups in total. The highest BCUT2D eigenvalue weighted by atomic mass is 32.2. The number of aromatic carboxylic acids is 1. The van der Waals surface area contributed by atoms with Crippen LogP contribution in [0.4, 0.5) is 23.2 Å². The molecule has 0 saturated heterocycles. The minimum absolute atomic E-state index is 0.0146. The van der Waals surface area contributed by atoms with Gasteiger partial charge in [-0.3, -0.25) is 0 Å². The van der Waals surface area contributed by atoms with Crippen molar-refractivity contribution < 1.29 is 42.5 Å². The second-order valence-corrected chi connectivity index (χ2v) is 17.0. The van der Waals surface area contributed by atoms with Crippen LogP contribution in [-0.2, 0) is 15.7 Å². The van der Waals surface area contributed by atoms with Crippen LogP contribution < -0.4 is 15.9 Å². The average Bonchev–Trinajstić information content (AvgIpc) is 3.59. The average molecular weight is 836 g/mol. The molecule has 8 rings (SSSR count). The van der Waals surface area contributed by atoms with Gasteiger partial charge in [-0.25, -0.2) is 17.6 Å². The fourth-order valence-electron chi connectivity index (χ4n) is 5.57. The molecule has 7 aromatic carbocycles. The molecule has 1 aromatic heterocycles. The van der Waals surface area contributed by atoms with Gasteiger partial charge in [0, 0.05) is 21.2 Å². The molecule has 0 aliphatic carbocycles. The Hall–Kier alpha value is -6.47. The second-order valence-electron chi connectivity index (χ2n) is 13.0. The molecular formula is C47H37F4NO5S2. The lowest BCUT2D eigenvalue weighted by Gasteiger charge is -2.16. The summed E-state index contributed by atoms with van der Waals surface area (Å²) >= 11 is 0. The van der Waals surface area contributed by atoms with Crippen LogP contribution in [0.1, 0.15) is 24.2 Å². The van der Waals surface area contributed by atoms with E-state index in [4.69, 9.17) is 5.11 Å². The van der Waals surface area contributed by atoms with Gasteiger partial charge in [0.15, 0.2) is 52.3 Å². The van der Waals surface area contributed by atoms with Gasteiger partial charge in [0.05, 0.1) is 34.0 Å². The summed E-state index contributed by atoms with van der Waals surface area (Å²) in [6.07, 6.45) is 0. The van der Waals surface area contributed by atoms with Crippen molar-refractivity contribution >= 4 is 59.2 Å². The zero-order valence-corrected chi connectivity index (χ0v) is 33.3. The lowest BCUT2D eigenvalue weighted by molar-refractivity contribution is -0.322. The third-order valence-electron chi connectivity index (χ3n) is 8.42. The lowest BCUT2D eigenvalue weighted by Crippen LogP contribution is -2.43. The Balaban J connectivity index is 0.000000158. The van der Waals surface area contributed by atoms with E-state index < -0.39 is 52.1 Å². The van der Waals surface area contributed by atoms with Gasteiger partial charge in [-0.2, -0.15) is 0 Å². The number of nitrogen functional groups attached to an aromatic ring is 1. The van der Waals surface area contributed by atoms with E-state index in [9.17, 15) is 37.4 Å². The number of hydrogen-bond donors (Lipinski definition) is 2. The summed E-state index contributed by atoms with van der Waals surface area (Å²) in [5, 5.41) is 31.0. The van der Waals surface area contributed by atoms with Crippen LogP contribution in [0.2, 0.25) is 0 Å². The van der Waals surface area contributed by atoms with Gasteiger partial charge < -0.3 is 30.6 Å². The first-order valence-corrected chi connectivity index (χ1v) is 20.3. The summed E-state index contributed by atoms with van der Waals surface area (Å²) in [6.45, 7) is 2.31. The highest BCUT2D eigenvalue weighted by Crippen LogP contribution is 2.47. The molecule has 0 fully saturated rings. The van der Waals surface area contributed by atoms with E-state index in [-0.39, 0.29) is 21.4 Å². The summed E-state index contributed by atoms with van der Waals surface area (Å²) in [6, 6.07) is 60.6. The number of aliphatic carboxylic acids is 1. The third-order valence-corrected chi connectivity index (χ3v) is 13.0. The van der Waals surface area contributed by atoms with Gasteiger partial charge >= 0.3 is 0 Å². The van der Waals surface area contributed by atoms with Crippen molar-refractivity contribution in [1.29, 1.82) is 0 Å². The molecule has 0 radical (unpaired) electrons. The van der Waals surface area contributed by atoms with Crippen LogP contribution in [-0.4, -0.2) is 22.6 Å². The number of carbonyl (C=O) groups is 2. The predicted molar refractivity (Wildman–Crippen MR) is 223 cm³/mol. The smallest absolute Gasteiger partial charge is 0.187 e. The quantitative estimate of drug-likeness (QED) is 0.0745. The number of benzene rings is 7. The topological polar surface area (TPSA) is 127 Å². The van der Waals surface area contributed by atoms with Crippen molar-refractivity contribution in [3.8, 4) is 4.90 Å². The summed E-state index contributed by atoms with van der Waals surface area (Å²) < 4.78 is 53.4. The Kier molecular flexibility index (Phi) is 14.6. The van der Waals surface area contributed by atoms with Crippen LogP contribution in [0.5, 0.6) is 0 Å². The Morgan fingerprint density at radius 1 is 0.542 bits per heavy atom. The van der Waals surface area contributed by atoms with E-state index in [1.807, 2.05) is 0 Å². The number of carboxylic acid groups (broad SMARTS) is 2. The van der Waals surface area contributed by atoms with Crippen LogP contribution >= 0.6 is 10.5 Å². The van der Waals surface area contributed by atoms with Gasteiger partial charge in [-0.15, -0.1) is 0 Å². The molecule has 0 saturated carbocycles. The van der Waals surface area contributed by atoms with E-state index in [2.05, 4.69) is 176 Å². The predicted octanol–water partition coefficient (Wildman–Crippen LogP) is 9.21. The Labute approximate surface area is 343 Å². The molecule has 0 aliphatic rings. The molecule has 300 valence electrons. The van der Waals surface area contributed by atoms with Crippen molar-refractivity contribution in [2.24, 2.45) is 0 Å². The third kappa shape index (κ3) is 10.5. The summed E-state index contributed by atoms with van der Waals surface area (Å²) in [7, 11) is 0.0448. The molecule has 8 aromatic rings. The van der Waals surface area contributed by atoms with Gasteiger partial charge in [0.2, 0.25) is 0 Å². The minimum atomic E-state index is -2.36. The van der Waals surface area contributed by atoms with E-state index in [0.29, 0.717) is 0 Å². The number of fused-ring (bicyclic) bond motifs is 3. The highest BCUT2D eigenvalue weighted by molar-refractivity contribution is 7.97. The number of hydrogen-bond acceptors (Lipinski definition) is 6. The zero-order chi connectivity index (χ0) is 42.7. The van der Waals surface area contributed by atoms with Gasteiger partial charge in [0.25, 0.3) is 0 Å². The van der Waals surface area contributed by atoms with E-state index >= 15 is 0 Å². The summed E-state index contributed by atoms with van der Waals surface area (Å²) in [5.74, 6) is -11.9. The number of rotatable bonds is 6. The molecule has 0 aliphatic heterocycles. The minimum Gasteiger partial charge on any atom is -0.547 e. The first kappa shape index (κ1) is 43.6. The SMILES string of the molecule is CC(C)(O)C(=O)[O-].Nc1c(F)c(F)c(C(=O)[O-])c(F)c1F.c1ccc(-[s+]2c3ccccc3c3ccccc32)cc1.c1ccc([S+](c2ccccc2)c2ccccc2)cc1. The maximum atomic E-state index is 12.7. The number of anilines is 1. The number of aliphatic hydroxyl groups is 1. The maximum Gasteiger partial charge on any atom is 0.187 e. The van der Waals surface area contributed by atoms with Crippen molar-refractivity contribution in [3.63, 3.8) is 0 Å². The van der Waals surface area contributed by atoms with Gasteiger partial charge in [0.1, 0.15) is 5.69 Å². The lowest BCUT2D eigenvalue weighted by atomic mass is 10.1. The molecule has 6 nitrogen and oxygen atoms in total. The van der Waals surface area contributed by atoms with E-state index in [1.54, 1.807) is 0 Å². The van der Waals surface area contributed by atoms with Crippen molar-refractivity contribution in [2.75, 3.05) is 5.73 Å². The molecular weight excluding hydrogens is 799 g/mol. The molecule has 0 bridgehead atoms. The first-order valence-electron chi connectivity index (χ1n) is 17.9. The molecule has 59 heavy (non-hydrogen) atoms. The number of halogens is 4. The fourth-order valence-corrected chi connectivity index (χ4v) is 10.1. The number of thiophene rings is 1. The monoisotopic (exact) mass is 835 g/mol. The Morgan fingerprint density at radius 2 is 0.847 bits per heavy atom. The number of nitrogens with two attached hydrogens (primary N) is 1. The largest absolute Gasteiger partial charge is 0.547 e. The second kappa shape index (κ2) is 19.8. The van der Waals surface area contributed by atoms with E-state index in [0.717, 1.165) is 13.8 Å². The molecule has 0 unspecified atom stereocenters. The van der Waals surface area contributed by atoms with E-state index in [1.165, 1.54) is 39.8 Å². The van der Waals surface area contributed by atoms with Crippen molar-refractivity contribution in [3.05, 3.63) is 199 Å². The normalized spacial score (nSPS) is 10.8. The van der Waals surface area contributed by atoms with Crippen LogP contribution in [0.3, 0.4) is 0 Å². The maximum absolute atomic E-state index is 12.7. The van der Waals surface area contributed by atoms with Gasteiger partial charge in [-0.1, -0.05) is 97.1 Å². The fraction of sp³-hybridized carbons (Fsp3) is 0.0638. The molecule has 0 amide bonds. The van der Waals surface area contributed by atoms with Crippen molar-refractivity contribution in [1.82, 2.24) is 0 Å². The number of carbonyl (C=O) groups excluding carboxylic acids is 2. The summed E-state index contributed by atoms with van der Waals surface area (Å²) in [4.78, 5) is 25.2. The Bertz CT molecular complexity index is 2480. The molecule has 0 atom stereocenters. The van der Waals surface area contributed by atoms with Crippen LogP contribution in [0.15, 0.2) is 185 Å². The van der Waals surface area contributed by atoms with Gasteiger partial charge in [-0.05, 0) is 86.6 Å². The van der Waals surface area contributed by atoms with Crippen molar-refractivity contribution in [2.45, 2.75) is 34.1 Å². The van der Waals surface area contributed by atoms with Crippen LogP contribution in [0, 0.1) is 23.3 Å². The first-order chi connectivity index (χ1) is 28.2. The Morgan fingerprint density at radius 3 is 1.17 bits per heavy atom. The van der Waals surface area contributed by atoms with Crippen LogP contribution in [0.25, 0.3) is 25.1 Å². The zero-order valence-electron chi connectivity index (χ0n) is 31.7. The molecule has 1 heterocycles.